The predicted molar refractivity (Wildman–Crippen MR) is 111 cm³/mol. The predicted octanol–water partition coefficient (Wildman–Crippen LogP) is 4.52. The zero-order valence-corrected chi connectivity index (χ0v) is 16.9. The SMILES string of the molecule is CCCn1c(SCC(=O)NCc2cccc(OC)c2)nc2cc(Cl)ccc21. The molecule has 0 saturated carbocycles. The van der Waals surface area contributed by atoms with E-state index < -0.39 is 0 Å². The number of fused-ring (bicyclic) bond motifs is 1. The van der Waals surface area contributed by atoms with E-state index in [1.165, 1.54) is 11.8 Å². The van der Waals surface area contributed by atoms with E-state index in [0.717, 1.165) is 40.5 Å². The highest BCUT2D eigenvalue weighted by molar-refractivity contribution is 7.99. The number of carbonyl (C=O) groups excluding carboxylic acids is 1. The zero-order valence-electron chi connectivity index (χ0n) is 15.4. The maximum atomic E-state index is 12.3. The van der Waals surface area contributed by atoms with Gasteiger partial charge in [0.05, 0.1) is 23.9 Å². The van der Waals surface area contributed by atoms with Crippen molar-refractivity contribution < 1.29 is 9.53 Å². The Morgan fingerprint density at radius 2 is 2.15 bits per heavy atom. The van der Waals surface area contributed by atoms with Crippen molar-refractivity contribution in [2.24, 2.45) is 0 Å². The van der Waals surface area contributed by atoms with Crippen LogP contribution < -0.4 is 10.1 Å². The molecule has 2 aromatic carbocycles. The van der Waals surface area contributed by atoms with Crippen molar-refractivity contribution in [1.29, 1.82) is 0 Å². The van der Waals surface area contributed by atoms with Crippen LogP contribution in [0.4, 0.5) is 0 Å². The first-order valence-electron chi connectivity index (χ1n) is 8.79. The Kier molecular flexibility index (Phi) is 6.63. The summed E-state index contributed by atoms with van der Waals surface area (Å²) in [7, 11) is 1.63. The molecule has 0 saturated heterocycles. The second-order valence-electron chi connectivity index (χ2n) is 6.10. The Labute approximate surface area is 168 Å². The summed E-state index contributed by atoms with van der Waals surface area (Å²) in [4.78, 5) is 16.9. The van der Waals surface area contributed by atoms with Crippen LogP contribution in [0.1, 0.15) is 18.9 Å². The van der Waals surface area contributed by atoms with E-state index >= 15 is 0 Å². The maximum absolute atomic E-state index is 12.3. The molecule has 0 aliphatic heterocycles. The highest BCUT2D eigenvalue weighted by atomic mass is 35.5. The molecule has 0 aliphatic rings. The van der Waals surface area contributed by atoms with E-state index in [0.29, 0.717) is 17.3 Å². The van der Waals surface area contributed by atoms with E-state index in [9.17, 15) is 4.79 Å². The maximum Gasteiger partial charge on any atom is 0.230 e. The van der Waals surface area contributed by atoms with Crippen LogP contribution >= 0.6 is 23.4 Å². The molecule has 0 bridgehead atoms. The number of nitrogens with one attached hydrogen (secondary N) is 1. The fourth-order valence-electron chi connectivity index (χ4n) is 2.79. The first kappa shape index (κ1) is 19.6. The van der Waals surface area contributed by atoms with Crippen LogP contribution in [0.15, 0.2) is 47.6 Å². The molecule has 1 aromatic heterocycles. The van der Waals surface area contributed by atoms with Gasteiger partial charge in [-0.1, -0.05) is 42.4 Å². The summed E-state index contributed by atoms with van der Waals surface area (Å²) in [5.41, 5.74) is 2.90. The van der Waals surface area contributed by atoms with Crippen LogP contribution in [0.2, 0.25) is 5.02 Å². The van der Waals surface area contributed by atoms with Gasteiger partial charge in [-0.2, -0.15) is 0 Å². The highest BCUT2D eigenvalue weighted by Crippen LogP contribution is 2.26. The summed E-state index contributed by atoms with van der Waals surface area (Å²) >= 11 is 7.52. The lowest BCUT2D eigenvalue weighted by Crippen LogP contribution is -2.24. The Balaban J connectivity index is 1.63. The second kappa shape index (κ2) is 9.15. The molecule has 3 rings (SSSR count). The summed E-state index contributed by atoms with van der Waals surface area (Å²) < 4.78 is 7.35. The van der Waals surface area contributed by atoms with E-state index in [1.54, 1.807) is 7.11 Å². The molecule has 0 radical (unpaired) electrons. The number of carbonyl (C=O) groups is 1. The number of hydrogen-bond donors (Lipinski definition) is 1. The van der Waals surface area contributed by atoms with Gasteiger partial charge in [0.15, 0.2) is 5.16 Å². The number of ether oxygens (including phenoxy) is 1. The number of benzene rings is 2. The van der Waals surface area contributed by atoms with Crippen LogP contribution in [0, 0.1) is 0 Å². The highest BCUT2D eigenvalue weighted by Gasteiger charge is 2.13. The topological polar surface area (TPSA) is 56.2 Å². The first-order chi connectivity index (χ1) is 13.1. The standard InChI is InChI=1S/C20H22ClN3O2S/c1-3-9-24-18-8-7-15(21)11-17(18)23-20(24)27-13-19(25)22-12-14-5-4-6-16(10-14)26-2/h4-8,10-11H,3,9,12-13H2,1-2H3,(H,22,25). The minimum Gasteiger partial charge on any atom is -0.497 e. The average molecular weight is 404 g/mol. The number of thioether (sulfide) groups is 1. The molecule has 0 atom stereocenters. The minimum absolute atomic E-state index is 0.0315. The molecule has 142 valence electrons. The lowest BCUT2D eigenvalue weighted by molar-refractivity contribution is -0.118. The fraction of sp³-hybridized carbons (Fsp3) is 0.300. The molecule has 1 heterocycles. The molecule has 0 aliphatic carbocycles. The number of amides is 1. The van der Waals surface area contributed by atoms with Crippen molar-refractivity contribution in [3.63, 3.8) is 0 Å². The molecular weight excluding hydrogens is 382 g/mol. The van der Waals surface area contributed by atoms with Gasteiger partial charge in [0.1, 0.15) is 5.75 Å². The number of nitrogens with zero attached hydrogens (tertiary/aromatic N) is 2. The molecule has 0 spiro atoms. The number of aryl methyl sites for hydroxylation is 1. The first-order valence-corrected chi connectivity index (χ1v) is 10.1. The minimum atomic E-state index is -0.0315. The van der Waals surface area contributed by atoms with E-state index in [-0.39, 0.29) is 5.91 Å². The molecule has 0 fully saturated rings. The van der Waals surface area contributed by atoms with Gasteiger partial charge in [0, 0.05) is 18.1 Å². The quantitative estimate of drug-likeness (QED) is 0.562. The Morgan fingerprint density at radius 3 is 2.93 bits per heavy atom. The smallest absolute Gasteiger partial charge is 0.230 e. The number of hydrogen-bond acceptors (Lipinski definition) is 4. The molecular formula is C20H22ClN3O2S. The van der Waals surface area contributed by atoms with Gasteiger partial charge in [0.25, 0.3) is 0 Å². The van der Waals surface area contributed by atoms with Crippen molar-refractivity contribution in [3.05, 3.63) is 53.1 Å². The summed E-state index contributed by atoms with van der Waals surface area (Å²) in [5.74, 6) is 1.06. The van der Waals surface area contributed by atoms with Crippen LogP contribution in [0.25, 0.3) is 11.0 Å². The second-order valence-corrected chi connectivity index (χ2v) is 7.47. The molecule has 27 heavy (non-hydrogen) atoms. The normalized spacial score (nSPS) is 10.9. The summed E-state index contributed by atoms with van der Waals surface area (Å²) in [5, 5.41) is 4.44. The van der Waals surface area contributed by atoms with Gasteiger partial charge >= 0.3 is 0 Å². The van der Waals surface area contributed by atoms with Gasteiger partial charge in [-0.3, -0.25) is 4.79 Å². The fourth-order valence-corrected chi connectivity index (χ4v) is 3.83. The molecule has 0 unspecified atom stereocenters. The molecule has 1 amide bonds. The lowest BCUT2D eigenvalue weighted by atomic mass is 10.2. The van der Waals surface area contributed by atoms with Crippen LogP contribution in [0.3, 0.4) is 0 Å². The Hall–Kier alpha value is -2.18. The van der Waals surface area contributed by atoms with Crippen molar-refractivity contribution in [2.75, 3.05) is 12.9 Å². The average Bonchev–Trinajstić information content (AvgIpc) is 3.01. The zero-order chi connectivity index (χ0) is 19.2. The summed E-state index contributed by atoms with van der Waals surface area (Å²) in [6.07, 6.45) is 0.990. The summed E-state index contributed by atoms with van der Waals surface area (Å²) in [6, 6.07) is 13.4. The molecule has 1 N–H and O–H groups in total. The van der Waals surface area contributed by atoms with Gasteiger partial charge in [0.2, 0.25) is 5.91 Å². The largest absolute Gasteiger partial charge is 0.497 e. The number of imidazole rings is 1. The van der Waals surface area contributed by atoms with Gasteiger partial charge in [-0.15, -0.1) is 0 Å². The number of rotatable bonds is 8. The summed E-state index contributed by atoms with van der Waals surface area (Å²) in [6.45, 7) is 3.44. The van der Waals surface area contributed by atoms with Crippen LogP contribution in [-0.4, -0.2) is 28.3 Å². The van der Waals surface area contributed by atoms with Crippen LogP contribution in [-0.2, 0) is 17.9 Å². The van der Waals surface area contributed by atoms with E-state index in [4.69, 9.17) is 16.3 Å². The van der Waals surface area contributed by atoms with Gasteiger partial charge in [-0.25, -0.2) is 4.98 Å². The van der Waals surface area contributed by atoms with E-state index in [2.05, 4.69) is 21.8 Å². The molecule has 7 heteroatoms. The van der Waals surface area contributed by atoms with Crippen LogP contribution in [0.5, 0.6) is 5.75 Å². The Bertz CT molecular complexity index is 942. The van der Waals surface area contributed by atoms with Gasteiger partial charge < -0.3 is 14.6 Å². The van der Waals surface area contributed by atoms with Crippen molar-refractivity contribution in [2.45, 2.75) is 31.6 Å². The lowest BCUT2D eigenvalue weighted by Gasteiger charge is -2.08. The molecule has 5 nitrogen and oxygen atoms in total. The monoisotopic (exact) mass is 403 g/mol. The number of halogens is 1. The number of aromatic nitrogens is 2. The third-order valence-electron chi connectivity index (χ3n) is 4.08. The molecule has 3 aromatic rings. The van der Waals surface area contributed by atoms with Crippen molar-refractivity contribution in [3.8, 4) is 5.75 Å². The van der Waals surface area contributed by atoms with Crippen molar-refractivity contribution in [1.82, 2.24) is 14.9 Å². The third-order valence-corrected chi connectivity index (χ3v) is 5.29. The Morgan fingerprint density at radius 1 is 1.30 bits per heavy atom. The van der Waals surface area contributed by atoms with Crippen molar-refractivity contribution >= 4 is 40.3 Å². The van der Waals surface area contributed by atoms with E-state index in [1.807, 2.05) is 42.5 Å². The third kappa shape index (κ3) is 4.96. The van der Waals surface area contributed by atoms with Gasteiger partial charge in [-0.05, 0) is 42.3 Å². The number of methoxy groups -OCH3 is 1.